The molecule has 0 aliphatic heterocycles. The Morgan fingerprint density at radius 1 is 1.35 bits per heavy atom. The Morgan fingerprint density at radius 2 is 2.06 bits per heavy atom. The second kappa shape index (κ2) is 6.59. The quantitative estimate of drug-likeness (QED) is 0.693. The van der Waals surface area contributed by atoms with Crippen LogP contribution in [0.5, 0.6) is 5.75 Å². The van der Waals surface area contributed by atoms with E-state index in [1.165, 1.54) is 0 Å². The lowest BCUT2D eigenvalue weighted by Gasteiger charge is -2.20. The molecule has 0 fully saturated rings. The van der Waals surface area contributed by atoms with Crippen molar-refractivity contribution in [2.75, 3.05) is 20.7 Å². The minimum absolute atomic E-state index is 0.508. The fraction of sp³-hybridized carbons (Fsp3) is 0.538. The minimum atomic E-state index is -0.876. The maximum absolute atomic E-state index is 10.1. The van der Waals surface area contributed by atoms with Crippen molar-refractivity contribution in [3.05, 3.63) is 29.3 Å². The van der Waals surface area contributed by atoms with Crippen LogP contribution < -0.4 is 10.1 Å². The summed E-state index contributed by atoms with van der Waals surface area (Å²) in [5, 5.41) is 22.9. The van der Waals surface area contributed by atoms with Gasteiger partial charge in [-0.15, -0.1) is 0 Å². The highest BCUT2D eigenvalue weighted by atomic mass is 16.5. The maximum atomic E-state index is 10.1. The van der Waals surface area contributed by atoms with Gasteiger partial charge in [0.15, 0.2) is 0 Å². The molecule has 1 aromatic rings. The zero-order chi connectivity index (χ0) is 12.8. The molecule has 0 saturated heterocycles. The second-order valence-corrected chi connectivity index (χ2v) is 4.13. The lowest BCUT2D eigenvalue weighted by molar-refractivity contribution is 0.0136. The number of nitrogens with one attached hydrogen (secondary N) is 1. The average molecular weight is 239 g/mol. The van der Waals surface area contributed by atoms with Crippen molar-refractivity contribution >= 4 is 0 Å². The van der Waals surface area contributed by atoms with Gasteiger partial charge < -0.3 is 20.3 Å². The molecule has 0 spiro atoms. The summed E-state index contributed by atoms with van der Waals surface area (Å²) >= 11 is 0. The van der Waals surface area contributed by atoms with Crippen LogP contribution in [0.25, 0.3) is 0 Å². The van der Waals surface area contributed by atoms with Gasteiger partial charge in [0.2, 0.25) is 0 Å². The molecule has 0 aromatic heterocycles. The van der Waals surface area contributed by atoms with Crippen molar-refractivity contribution in [1.29, 1.82) is 0 Å². The Balaban J connectivity index is 2.82. The molecule has 0 heterocycles. The lowest BCUT2D eigenvalue weighted by atomic mass is 9.97. The van der Waals surface area contributed by atoms with Crippen LogP contribution in [0.2, 0.25) is 0 Å². The smallest absolute Gasteiger partial charge is 0.119 e. The van der Waals surface area contributed by atoms with Crippen molar-refractivity contribution in [3.63, 3.8) is 0 Å². The third-order valence-corrected chi connectivity index (χ3v) is 2.86. The largest absolute Gasteiger partial charge is 0.497 e. The van der Waals surface area contributed by atoms with Crippen LogP contribution >= 0.6 is 0 Å². The van der Waals surface area contributed by atoms with Crippen molar-refractivity contribution in [2.45, 2.75) is 25.6 Å². The van der Waals surface area contributed by atoms with E-state index in [0.717, 1.165) is 5.56 Å². The summed E-state index contributed by atoms with van der Waals surface area (Å²) in [5.74, 6) is 0.686. The molecule has 1 aromatic carbocycles. The number of aliphatic hydroxyl groups is 2. The highest BCUT2D eigenvalue weighted by Crippen LogP contribution is 2.26. The average Bonchev–Trinajstić information content (AvgIpc) is 2.35. The molecule has 2 atom stereocenters. The zero-order valence-corrected chi connectivity index (χ0v) is 10.6. The summed E-state index contributed by atoms with van der Waals surface area (Å²) in [7, 11) is 3.40. The van der Waals surface area contributed by atoms with Crippen molar-refractivity contribution < 1.29 is 14.9 Å². The molecular weight excluding hydrogens is 218 g/mol. The Morgan fingerprint density at radius 3 is 2.65 bits per heavy atom. The molecule has 1 rings (SSSR count). The van der Waals surface area contributed by atoms with Gasteiger partial charge in [0.05, 0.1) is 13.2 Å². The summed E-state index contributed by atoms with van der Waals surface area (Å²) < 4.78 is 5.12. The van der Waals surface area contributed by atoms with Gasteiger partial charge in [-0.05, 0) is 50.2 Å². The molecule has 3 N–H and O–H groups in total. The standard InChI is InChI=1S/C13H21NO3/c1-9-4-5-10(17-3)8-11(9)13(16)12(15)6-7-14-2/h4-5,8,12-16H,6-7H2,1-3H3. The number of benzene rings is 1. The van der Waals surface area contributed by atoms with E-state index in [2.05, 4.69) is 5.32 Å². The monoisotopic (exact) mass is 239 g/mol. The van der Waals surface area contributed by atoms with Gasteiger partial charge in [0.1, 0.15) is 11.9 Å². The number of hydrogen-bond donors (Lipinski definition) is 3. The van der Waals surface area contributed by atoms with E-state index in [4.69, 9.17) is 4.74 Å². The highest BCUT2D eigenvalue weighted by Gasteiger charge is 2.20. The van der Waals surface area contributed by atoms with E-state index in [-0.39, 0.29) is 0 Å². The topological polar surface area (TPSA) is 61.7 Å². The number of aliphatic hydroxyl groups excluding tert-OH is 2. The Labute approximate surface area is 102 Å². The number of hydrogen-bond acceptors (Lipinski definition) is 4. The predicted molar refractivity (Wildman–Crippen MR) is 67.2 cm³/mol. The van der Waals surface area contributed by atoms with Crippen LogP contribution in [0.15, 0.2) is 18.2 Å². The van der Waals surface area contributed by atoms with E-state index in [9.17, 15) is 10.2 Å². The van der Waals surface area contributed by atoms with E-state index >= 15 is 0 Å². The van der Waals surface area contributed by atoms with Gasteiger partial charge in [0.25, 0.3) is 0 Å². The molecule has 0 aliphatic rings. The molecule has 0 bridgehead atoms. The van der Waals surface area contributed by atoms with Gasteiger partial charge in [-0.3, -0.25) is 0 Å². The normalized spacial score (nSPS) is 14.4. The van der Waals surface area contributed by atoms with Crippen LogP contribution in [0.4, 0.5) is 0 Å². The van der Waals surface area contributed by atoms with Crippen molar-refractivity contribution in [3.8, 4) is 5.75 Å². The second-order valence-electron chi connectivity index (χ2n) is 4.13. The van der Waals surface area contributed by atoms with E-state index < -0.39 is 12.2 Å². The first kappa shape index (κ1) is 14.0. The molecule has 0 radical (unpaired) electrons. The summed E-state index contributed by atoms with van der Waals surface area (Å²) in [6, 6.07) is 5.48. The molecule has 0 saturated carbocycles. The molecule has 96 valence electrons. The van der Waals surface area contributed by atoms with E-state index in [0.29, 0.717) is 24.3 Å². The van der Waals surface area contributed by atoms with E-state index in [1.54, 1.807) is 13.2 Å². The molecule has 0 aliphatic carbocycles. The summed E-state index contributed by atoms with van der Waals surface area (Å²) in [5.41, 5.74) is 1.66. The molecule has 17 heavy (non-hydrogen) atoms. The SMILES string of the molecule is CNCCC(O)C(O)c1cc(OC)ccc1C. The van der Waals surface area contributed by atoms with Crippen molar-refractivity contribution in [1.82, 2.24) is 5.32 Å². The summed E-state index contributed by atoms with van der Waals surface area (Å²) in [6.07, 6.45) is -1.14. The number of ether oxygens (including phenoxy) is 1. The third-order valence-electron chi connectivity index (χ3n) is 2.86. The number of aryl methyl sites for hydroxylation is 1. The van der Waals surface area contributed by atoms with Crippen molar-refractivity contribution in [2.24, 2.45) is 0 Å². The van der Waals surface area contributed by atoms with E-state index in [1.807, 2.05) is 26.1 Å². The fourth-order valence-corrected chi connectivity index (χ4v) is 1.72. The maximum Gasteiger partial charge on any atom is 0.119 e. The zero-order valence-electron chi connectivity index (χ0n) is 10.6. The van der Waals surface area contributed by atoms with Gasteiger partial charge in [0, 0.05) is 0 Å². The summed E-state index contributed by atoms with van der Waals surface area (Å²) in [6.45, 7) is 2.57. The number of methoxy groups -OCH3 is 1. The Hall–Kier alpha value is -1.10. The first-order valence-electron chi connectivity index (χ1n) is 5.75. The first-order chi connectivity index (χ1) is 8.10. The van der Waals surface area contributed by atoms with Crippen LogP contribution in [0.3, 0.4) is 0 Å². The van der Waals surface area contributed by atoms with Gasteiger partial charge in [-0.1, -0.05) is 6.07 Å². The minimum Gasteiger partial charge on any atom is -0.497 e. The summed E-state index contributed by atoms with van der Waals surface area (Å²) in [4.78, 5) is 0. The van der Waals surface area contributed by atoms with Gasteiger partial charge in [-0.2, -0.15) is 0 Å². The van der Waals surface area contributed by atoms with Crippen LogP contribution in [0.1, 0.15) is 23.7 Å². The number of rotatable bonds is 6. The third kappa shape index (κ3) is 3.70. The molecule has 2 unspecified atom stereocenters. The predicted octanol–water partition coefficient (Wildman–Crippen LogP) is 1.01. The molecular formula is C13H21NO3. The highest BCUT2D eigenvalue weighted by molar-refractivity contribution is 5.36. The first-order valence-corrected chi connectivity index (χ1v) is 5.75. The van der Waals surface area contributed by atoms with Crippen LogP contribution in [0, 0.1) is 6.92 Å². The molecule has 4 heteroatoms. The Bertz CT molecular complexity index is 355. The molecule has 0 amide bonds. The van der Waals surface area contributed by atoms with Gasteiger partial charge in [-0.25, -0.2) is 0 Å². The lowest BCUT2D eigenvalue weighted by Crippen LogP contribution is -2.23. The van der Waals surface area contributed by atoms with Crippen LogP contribution in [-0.2, 0) is 0 Å². The fourth-order valence-electron chi connectivity index (χ4n) is 1.72. The van der Waals surface area contributed by atoms with Gasteiger partial charge >= 0.3 is 0 Å². The molecule has 4 nitrogen and oxygen atoms in total. The van der Waals surface area contributed by atoms with Crippen LogP contribution in [-0.4, -0.2) is 37.0 Å². The Kier molecular flexibility index (Phi) is 5.41.